The molecule has 0 aliphatic carbocycles. The molecule has 1 aromatic heterocycles. The molecule has 2 aromatic rings. The molecule has 0 spiro atoms. The van der Waals surface area contributed by atoms with Gasteiger partial charge in [0.25, 0.3) is 5.56 Å². The third-order valence-corrected chi connectivity index (χ3v) is 4.78. The summed E-state index contributed by atoms with van der Waals surface area (Å²) in [6.45, 7) is 11.6. The number of nitrogens with zero attached hydrogens (tertiary/aromatic N) is 3. The minimum absolute atomic E-state index is 0.0186. The number of carbonyl (C=O) groups excluding carboxylic acids is 1. The van der Waals surface area contributed by atoms with Crippen molar-refractivity contribution < 1.29 is 13.6 Å². The predicted octanol–water partition coefficient (Wildman–Crippen LogP) is 3.80. The van der Waals surface area contributed by atoms with Crippen molar-refractivity contribution in [3.05, 3.63) is 57.3 Å². The number of benzene rings is 1. The molecule has 1 aliphatic heterocycles. The van der Waals surface area contributed by atoms with Crippen LogP contribution >= 0.6 is 0 Å². The molecule has 0 atom stereocenters. The Morgan fingerprint density at radius 1 is 1.17 bits per heavy atom. The fourth-order valence-corrected chi connectivity index (χ4v) is 3.33. The molecule has 1 aromatic carbocycles. The van der Waals surface area contributed by atoms with Gasteiger partial charge in [-0.3, -0.25) is 14.0 Å². The second-order valence-corrected chi connectivity index (χ2v) is 6.96. The van der Waals surface area contributed by atoms with E-state index >= 15 is 0 Å². The van der Waals surface area contributed by atoms with Gasteiger partial charge in [0, 0.05) is 25.2 Å². The Kier molecular flexibility index (Phi) is 10.1. The second-order valence-electron chi connectivity index (χ2n) is 6.96. The van der Waals surface area contributed by atoms with Gasteiger partial charge in [-0.15, -0.1) is 0 Å². The zero-order chi connectivity index (χ0) is 22.8. The van der Waals surface area contributed by atoms with Crippen LogP contribution in [-0.2, 0) is 11.3 Å². The van der Waals surface area contributed by atoms with Crippen molar-refractivity contribution >= 4 is 11.6 Å². The summed E-state index contributed by atoms with van der Waals surface area (Å²) in [5.41, 5.74) is 2.93. The molecule has 6 nitrogen and oxygen atoms in total. The van der Waals surface area contributed by atoms with E-state index in [4.69, 9.17) is 0 Å². The molecule has 1 N–H and O–H groups in total. The normalized spacial score (nSPS) is 13.4. The number of piperazine rings is 1. The number of aromatic amines is 1. The molecule has 2 heterocycles. The first-order valence-electron chi connectivity index (χ1n) is 10.1. The van der Waals surface area contributed by atoms with Crippen LogP contribution in [0.1, 0.15) is 50.3 Å². The summed E-state index contributed by atoms with van der Waals surface area (Å²) in [4.78, 5) is 28.4. The van der Waals surface area contributed by atoms with Gasteiger partial charge < -0.3 is 9.80 Å². The Hall–Kier alpha value is -2.77. The number of anilines is 1. The number of rotatable bonds is 4. The van der Waals surface area contributed by atoms with Crippen LogP contribution < -0.4 is 10.5 Å². The molecule has 166 valence electrons. The molecule has 0 saturated carbocycles. The van der Waals surface area contributed by atoms with Gasteiger partial charge in [-0.1, -0.05) is 33.8 Å². The first-order valence-corrected chi connectivity index (χ1v) is 10.1. The van der Waals surface area contributed by atoms with Gasteiger partial charge >= 0.3 is 0 Å². The highest BCUT2D eigenvalue weighted by molar-refractivity contribution is 5.83. The lowest BCUT2D eigenvalue weighted by Crippen LogP contribution is -2.50. The standard InChI is InChI=1S/C19H23FN4O2.C2H6.CH3F/c1-12(2)18-16(9-21-22-19(18)26)23-6-7-24(17(25)11-23)10-14-4-5-15(20)8-13(14)3;2*1-2/h4-5,8-9,12H,6-7,10-11H2,1-3H3,(H,22,26);1-2H3;1H3. The lowest BCUT2D eigenvalue weighted by Gasteiger charge is -2.36. The third-order valence-electron chi connectivity index (χ3n) is 4.78. The lowest BCUT2D eigenvalue weighted by atomic mass is 10.0. The molecule has 1 amide bonds. The maximum absolute atomic E-state index is 13.3. The molecular weight excluding hydrogens is 390 g/mol. The molecule has 3 rings (SSSR count). The summed E-state index contributed by atoms with van der Waals surface area (Å²) in [5, 5.41) is 6.36. The quantitative estimate of drug-likeness (QED) is 0.814. The van der Waals surface area contributed by atoms with Gasteiger partial charge in [0.05, 0.1) is 25.6 Å². The van der Waals surface area contributed by atoms with Crippen LogP contribution in [0.5, 0.6) is 0 Å². The summed E-state index contributed by atoms with van der Waals surface area (Å²) < 4.78 is 22.8. The van der Waals surface area contributed by atoms with Crippen molar-refractivity contribution in [2.75, 3.05) is 31.7 Å². The van der Waals surface area contributed by atoms with E-state index in [2.05, 4.69) is 10.2 Å². The van der Waals surface area contributed by atoms with E-state index in [1.54, 1.807) is 17.2 Å². The average molecular weight is 423 g/mol. The molecule has 1 saturated heterocycles. The first kappa shape index (κ1) is 25.3. The van der Waals surface area contributed by atoms with Gasteiger partial charge in [0.15, 0.2) is 0 Å². The Bertz CT molecular complexity index is 884. The molecule has 1 aliphatic rings. The van der Waals surface area contributed by atoms with Gasteiger partial charge in [0.2, 0.25) is 5.91 Å². The topological polar surface area (TPSA) is 69.3 Å². The molecule has 0 unspecified atom stereocenters. The summed E-state index contributed by atoms with van der Waals surface area (Å²) in [6.07, 6.45) is 1.61. The number of alkyl halides is 1. The second kappa shape index (κ2) is 12.0. The van der Waals surface area contributed by atoms with Gasteiger partial charge in [-0.2, -0.15) is 5.10 Å². The smallest absolute Gasteiger partial charge is 0.269 e. The number of carbonyl (C=O) groups is 1. The van der Waals surface area contributed by atoms with E-state index in [0.29, 0.717) is 32.4 Å². The molecule has 0 radical (unpaired) electrons. The van der Waals surface area contributed by atoms with Crippen molar-refractivity contribution in [3.8, 4) is 0 Å². The number of amides is 1. The largest absolute Gasteiger partial charge is 0.359 e. The Morgan fingerprint density at radius 2 is 1.83 bits per heavy atom. The van der Waals surface area contributed by atoms with Crippen LogP contribution in [0.2, 0.25) is 0 Å². The molecular formula is C22H32F2N4O2. The fraction of sp³-hybridized carbons (Fsp3) is 0.500. The zero-order valence-corrected chi connectivity index (χ0v) is 18.6. The summed E-state index contributed by atoms with van der Waals surface area (Å²) >= 11 is 0. The van der Waals surface area contributed by atoms with Crippen LogP contribution in [0.3, 0.4) is 0 Å². The van der Waals surface area contributed by atoms with E-state index in [9.17, 15) is 18.4 Å². The van der Waals surface area contributed by atoms with Crippen LogP contribution in [0, 0.1) is 12.7 Å². The van der Waals surface area contributed by atoms with Crippen molar-refractivity contribution in [2.45, 2.75) is 47.1 Å². The van der Waals surface area contributed by atoms with E-state index in [1.807, 2.05) is 39.5 Å². The Balaban J connectivity index is 0.00000106. The maximum atomic E-state index is 13.3. The monoisotopic (exact) mass is 422 g/mol. The molecule has 8 heteroatoms. The Morgan fingerprint density at radius 3 is 2.40 bits per heavy atom. The van der Waals surface area contributed by atoms with E-state index in [0.717, 1.165) is 16.8 Å². The number of halogens is 2. The SMILES string of the molecule is CC.CF.Cc1cc(F)ccc1CN1CCN(c2cn[nH]c(=O)c2C(C)C)CC1=O. The van der Waals surface area contributed by atoms with Crippen LogP contribution in [0.15, 0.2) is 29.2 Å². The zero-order valence-electron chi connectivity index (χ0n) is 18.6. The number of hydrogen-bond donors (Lipinski definition) is 1. The summed E-state index contributed by atoms with van der Waals surface area (Å²) in [5.74, 6) is -0.257. The number of hydrogen-bond acceptors (Lipinski definition) is 4. The number of H-pyrrole nitrogens is 1. The van der Waals surface area contributed by atoms with E-state index < -0.39 is 0 Å². The summed E-state index contributed by atoms with van der Waals surface area (Å²) in [7, 11) is 0.500. The number of nitrogens with one attached hydrogen (secondary N) is 1. The minimum atomic E-state index is -0.273. The van der Waals surface area contributed by atoms with Crippen molar-refractivity contribution in [1.82, 2.24) is 15.1 Å². The van der Waals surface area contributed by atoms with Crippen molar-refractivity contribution in [2.24, 2.45) is 0 Å². The first-order chi connectivity index (χ1) is 14.4. The van der Waals surface area contributed by atoms with Gasteiger partial charge in [0.1, 0.15) is 5.82 Å². The molecule has 0 bridgehead atoms. The van der Waals surface area contributed by atoms with E-state index in [-0.39, 0.29) is 29.7 Å². The highest BCUT2D eigenvalue weighted by Crippen LogP contribution is 2.25. The Labute approximate surface area is 176 Å². The molecule has 30 heavy (non-hydrogen) atoms. The minimum Gasteiger partial charge on any atom is -0.359 e. The summed E-state index contributed by atoms with van der Waals surface area (Å²) in [6, 6.07) is 4.62. The van der Waals surface area contributed by atoms with Crippen molar-refractivity contribution in [1.29, 1.82) is 0 Å². The molecule has 1 fully saturated rings. The van der Waals surface area contributed by atoms with Gasteiger partial charge in [-0.05, 0) is 36.1 Å². The highest BCUT2D eigenvalue weighted by atomic mass is 19.1. The van der Waals surface area contributed by atoms with Crippen LogP contribution in [0.4, 0.5) is 14.5 Å². The van der Waals surface area contributed by atoms with Crippen LogP contribution in [0.25, 0.3) is 0 Å². The maximum Gasteiger partial charge on any atom is 0.269 e. The number of aryl methyl sites for hydroxylation is 1. The number of aromatic nitrogens is 2. The average Bonchev–Trinajstić information content (AvgIpc) is 2.73. The van der Waals surface area contributed by atoms with Gasteiger partial charge in [-0.25, -0.2) is 9.49 Å². The highest BCUT2D eigenvalue weighted by Gasteiger charge is 2.27. The van der Waals surface area contributed by atoms with E-state index in [1.165, 1.54) is 12.1 Å². The fourth-order valence-electron chi connectivity index (χ4n) is 3.33. The van der Waals surface area contributed by atoms with Crippen molar-refractivity contribution in [3.63, 3.8) is 0 Å². The predicted molar refractivity (Wildman–Crippen MR) is 116 cm³/mol. The van der Waals surface area contributed by atoms with Crippen LogP contribution in [-0.4, -0.2) is 47.8 Å². The lowest BCUT2D eigenvalue weighted by molar-refractivity contribution is -0.131. The third kappa shape index (κ3) is 6.11.